The second kappa shape index (κ2) is 24.7. The zero-order valence-electron chi connectivity index (χ0n) is 32.9. The van der Waals surface area contributed by atoms with Crippen molar-refractivity contribution in [2.45, 2.75) is 116 Å². The van der Waals surface area contributed by atoms with E-state index < -0.39 is 104 Å². The van der Waals surface area contributed by atoms with E-state index in [9.17, 15) is 43.8 Å². The lowest BCUT2D eigenvalue weighted by molar-refractivity contribution is -0.144. The highest BCUT2D eigenvalue weighted by atomic mass is 16.4. The monoisotopic (exact) mass is 777 g/mol. The Hall–Kier alpha value is -4.59. The molecule has 0 heterocycles. The average Bonchev–Trinajstić information content (AvgIpc) is 3.12. The Labute approximate surface area is 323 Å². The molecule has 6 atom stereocenters. The maximum absolute atomic E-state index is 13.2. The van der Waals surface area contributed by atoms with Crippen molar-refractivity contribution < 1.29 is 53.8 Å². The lowest BCUT2D eigenvalue weighted by atomic mass is 9.92. The number of nitrogens with one attached hydrogen (secondary N) is 6. The maximum Gasteiger partial charge on any atom is 0.472 e. The van der Waals surface area contributed by atoms with Gasteiger partial charge in [0.1, 0.15) is 30.2 Å². The molecule has 0 spiro atoms. The number of carbonyl (C=O) groups excluding carboxylic acids is 7. The quantitative estimate of drug-likeness (QED) is 0.0401. The van der Waals surface area contributed by atoms with Gasteiger partial charge in [0, 0.05) is 12.6 Å². The summed E-state index contributed by atoms with van der Waals surface area (Å²) < 4.78 is 0. The van der Waals surface area contributed by atoms with Gasteiger partial charge < -0.3 is 57.1 Å². The predicted molar refractivity (Wildman–Crippen MR) is 204 cm³/mol. The number of rotatable bonds is 24. The summed E-state index contributed by atoms with van der Waals surface area (Å²) in [5, 5.41) is 52.6. The fourth-order valence-electron chi connectivity index (χ4n) is 5.39. The van der Waals surface area contributed by atoms with Crippen LogP contribution in [0, 0.1) is 5.92 Å². The number of amides is 7. The van der Waals surface area contributed by atoms with Crippen LogP contribution in [-0.4, -0.2) is 137 Å². The van der Waals surface area contributed by atoms with Gasteiger partial charge in [-0.05, 0) is 63.6 Å². The Morgan fingerprint density at radius 3 is 1.87 bits per heavy atom. The number of hydrogen-bond acceptors (Lipinski definition) is 11. The summed E-state index contributed by atoms with van der Waals surface area (Å²) >= 11 is 0. The Kier molecular flexibility index (Phi) is 21.8. The van der Waals surface area contributed by atoms with Crippen LogP contribution in [0.15, 0.2) is 24.3 Å². The standard InChI is InChI=1S/C36H60BN7O11/c1-8-9-10-11-12-25-13-15-26(16-14-25)33(50)43-28(19-45)35(52)40-22(4)31(48)38-18-29(47)44(7)30(24(6)46)36(53)41-23(5)32(49)42-27(17-21(2)3)34(51)39-20-37(54)55/h13-16,21-24,27-28,30,45-46,54-55H,8-12,17-20H2,1-7H3,(H,38,48)(H,39,51)(H,40,52)(H,41,53)(H,42,49)(H,43,50). The molecule has 0 saturated heterocycles. The molecular formula is C36H60BN7O11. The summed E-state index contributed by atoms with van der Waals surface area (Å²) in [4.78, 5) is 90.8. The molecular weight excluding hydrogens is 717 g/mol. The molecule has 18 nitrogen and oxygen atoms in total. The molecule has 0 aliphatic rings. The van der Waals surface area contributed by atoms with Crippen molar-refractivity contribution in [2.75, 3.05) is 26.6 Å². The van der Waals surface area contributed by atoms with Gasteiger partial charge in [0.25, 0.3) is 5.91 Å². The molecule has 1 aromatic carbocycles. The average molecular weight is 778 g/mol. The Morgan fingerprint density at radius 1 is 0.727 bits per heavy atom. The first-order valence-corrected chi connectivity index (χ1v) is 18.6. The molecule has 10 N–H and O–H groups in total. The summed E-state index contributed by atoms with van der Waals surface area (Å²) in [6, 6.07) is 0.543. The highest BCUT2D eigenvalue weighted by molar-refractivity contribution is 6.41. The summed E-state index contributed by atoms with van der Waals surface area (Å²) in [7, 11) is -0.591. The van der Waals surface area contributed by atoms with Crippen LogP contribution in [0.5, 0.6) is 0 Å². The van der Waals surface area contributed by atoms with Crippen LogP contribution in [0.1, 0.15) is 89.6 Å². The van der Waals surface area contributed by atoms with Crippen LogP contribution < -0.4 is 31.9 Å². The molecule has 308 valence electrons. The van der Waals surface area contributed by atoms with Gasteiger partial charge in [0.05, 0.1) is 25.7 Å². The van der Waals surface area contributed by atoms with Gasteiger partial charge in [-0.1, -0.05) is 52.2 Å². The molecule has 7 amide bonds. The fourth-order valence-corrected chi connectivity index (χ4v) is 5.39. The Bertz CT molecular complexity index is 1430. The van der Waals surface area contributed by atoms with E-state index in [1.807, 2.05) is 26.0 Å². The number of hydrogen-bond donors (Lipinski definition) is 10. The zero-order valence-corrected chi connectivity index (χ0v) is 32.9. The molecule has 0 aromatic heterocycles. The number of nitrogens with zero attached hydrogens (tertiary/aromatic N) is 1. The fraction of sp³-hybridized carbons (Fsp3) is 0.639. The SMILES string of the molecule is CCCCCCc1ccc(C(=O)NC(CO)C(=O)NC(C)C(=O)NCC(=O)N(C)C(C(=O)NC(C)C(=O)NC(CC(C)C)C(=O)NCB(O)O)C(C)O)cc1. The number of likely N-dealkylation sites (N-methyl/N-ethyl adjacent to an activating group) is 1. The van der Waals surface area contributed by atoms with E-state index in [0.717, 1.165) is 42.6 Å². The summed E-state index contributed by atoms with van der Waals surface area (Å²) in [6.07, 6.45) is 3.64. The molecule has 0 bridgehead atoms. The molecule has 1 rings (SSSR count). The molecule has 6 unspecified atom stereocenters. The van der Waals surface area contributed by atoms with Crippen molar-refractivity contribution in [3.8, 4) is 0 Å². The largest absolute Gasteiger partial charge is 0.472 e. The number of aliphatic hydroxyl groups is 2. The number of carbonyl (C=O) groups is 7. The van der Waals surface area contributed by atoms with Crippen molar-refractivity contribution in [2.24, 2.45) is 5.92 Å². The van der Waals surface area contributed by atoms with Crippen LogP contribution in [-0.2, 0) is 35.2 Å². The molecule has 19 heteroatoms. The maximum atomic E-state index is 13.2. The van der Waals surface area contributed by atoms with Crippen LogP contribution in [0.3, 0.4) is 0 Å². The van der Waals surface area contributed by atoms with Gasteiger partial charge in [-0.3, -0.25) is 33.6 Å². The molecule has 0 radical (unpaired) electrons. The van der Waals surface area contributed by atoms with Gasteiger partial charge in [-0.25, -0.2) is 0 Å². The molecule has 1 aromatic rings. The molecule has 0 aliphatic heterocycles. The predicted octanol–water partition coefficient (Wildman–Crippen LogP) is -2.11. The van der Waals surface area contributed by atoms with Crippen LogP contribution in [0.2, 0.25) is 0 Å². The molecule has 0 fully saturated rings. The third kappa shape index (κ3) is 17.6. The van der Waals surface area contributed by atoms with Crippen LogP contribution in [0.25, 0.3) is 0 Å². The molecule has 0 aliphatic carbocycles. The van der Waals surface area contributed by atoms with Gasteiger partial charge in [-0.2, -0.15) is 0 Å². The number of benzene rings is 1. The topological polar surface area (TPSA) is 276 Å². The van der Waals surface area contributed by atoms with Crippen molar-refractivity contribution >= 4 is 48.5 Å². The number of aliphatic hydroxyl groups excluding tert-OH is 2. The smallest absolute Gasteiger partial charge is 0.426 e. The lowest BCUT2D eigenvalue weighted by Crippen LogP contribution is -2.59. The van der Waals surface area contributed by atoms with Gasteiger partial charge >= 0.3 is 7.12 Å². The third-order valence-electron chi connectivity index (χ3n) is 8.59. The van der Waals surface area contributed by atoms with Gasteiger partial charge in [0.15, 0.2) is 0 Å². The highest BCUT2D eigenvalue weighted by Crippen LogP contribution is 2.11. The van der Waals surface area contributed by atoms with Crippen molar-refractivity contribution in [1.29, 1.82) is 0 Å². The van der Waals surface area contributed by atoms with Crippen LogP contribution >= 0.6 is 0 Å². The minimum absolute atomic E-state index is 0.0392. The van der Waals surface area contributed by atoms with E-state index in [2.05, 4.69) is 38.8 Å². The minimum Gasteiger partial charge on any atom is -0.426 e. The highest BCUT2D eigenvalue weighted by Gasteiger charge is 2.34. The third-order valence-corrected chi connectivity index (χ3v) is 8.59. The first-order valence-electron chi connectivity index (χ1n) is 18.6. The van der Waals surface area contributed by atoms with E-state index in [1.54, 1.807) is 12.1 Å². The normalized spacial score (nSPS) is 14.3. The first-order chi connectivity index (χ1) is 25.8. The van der Waals surface area contributed by atoms with Crippen molar-refractivity contribution in [3.63, 3.8) is 0 Å². The Morgan fingerprint density at radius 2 is 1.33 bits per heavy atom. The van der Waals surface area contributed by atoms with E-state index in [-0.39, 0.29) is 17.9 Å². The van der Waals surface area contributed by atoms with Crippen LogP contribution in [0.4, 0.5) is 0 Å². The summed E-state index contributed by atoms with van der Waals surface area (Å²) in [5.41, 5.74) is 1.36. The lowest BCUT2D eigenvalue weighted by Gasteiger charge is -2.31. The minimum atomic E-state index is -1.79. The zero-order chi connectivity index (χ0) is 41.8. The van der Waals surface area contributed by atoms with E-state index in [4.69, 9.17) is 10.0 Å². The van der Waals surface area contributed by atoms with Gasteiger partial charge in [-0.15, -0.1) is 0 Å². The number of unbranched alkanes of at least 4 members (excludes halogenated alkanes) is 3. The summed E-state index contributed by atoms with van der Waals surface area (Å²) in [5.74, 6) is -5.43. The van der Waals surface area contributed by atoms with Gasteiger partial charge in [0.2, 0.25) is 35.4 Å². The van der Waals surface area contributed by atoms with E-state index in [1.165, 1.54) is 27.8 Å². The van der Waals surface area contributed by atoms with E-state index in [0.29, 0.717) is 0 Å². The molecule has 55 heavy (non-hydrogen) atoms. The second-order valence-electron chi connectivity index (χ2n) is 14.0. The molecule has 0 saturated carbocycles. The van der Waals surface area contributed by atoms with Crippen molar-refractivity contribution in [1.82, 2.24) is 36.8 Å². The number of aryl methyl sites for hydroxylation is 1. The summed E-state index contributed by atoms with van der Waals surface area (Å²) in [6.45, 7) is 8.24. The Balaban J connectivity index is 2.75. The van der Waals surface area contributed by atoms with E-state index >= 15 is 0 Å². The van der Waals surface area contributed by atoms with Crippen molar-refractivity contribution in [3.05, 3.63) is 35.4 Å². The first kappa shape index (κ1) is 48.4. The second-order valence-corrected chi connectivity index (χ2v) is 14.0.